The fraction of sp³-hybridized carbons (Fsp3) is 0.143. The molecule has 4 heteroatoms. The average molecular weight is 238 g/mol. The topological polar surface area (TPSA) is 56.2 Å². The molecule has 4 nitrogen and oxygen atoms in total. The minimum absolute atomic E-state index is 0.148. The molecule has 2 aromatic heterocycles. The first-order valence-electron chi connectivity index (χ1n) is 5.94. The van der Waals surface area contributed by atoms with Gasteiger partial charge >= 0.3 is 0 Å². The van der Waals surface area contributed by atoms with Gasteiger partial charge in [-0.05, 0) is 24.1 Å². The molecule has 3 rings (SSSR count). The lowest BCUT2D eigenvalue weighted by Crippen LogP contribution is -2.16. The molecule has 18 heavy (non-hydrogen) atoms. The fourth-order valence-corrected chi connectivity index (χ4v) is 2.07. The van der Waals surface area contributed by atoms with Crippen LogP contribution in [0.1, 0.15) is 17.4 Å². The van der Waals surface area contributed by atoms with Gasteiger partial charge in [-0.3, -0.25) is 4.40 Å². The van der Waals surface area contributed by atoms with Crippen molar-refractivity contribution in [3.63, 3.8) is 0 Å². The zero-order valence-corrected chi connectivity index (χ0v) is 9.90. The minimum Gasteiger partial charge on any atom is -0.321 e. The molecular formula is C14H14N4. The molecule has 90 valence electrons. The number of nitrogens with two attached hydrogens (primary N) is 1. The largest absolute Gasteiger partial charge is 0.321 e. The third-order valence-electron chi connectivity index (χ3n) is 2.97. The standard InChI is InChI=1S/C14H14N4/c15-12(10-11-6-2-1-3-7-11)14-17-16-13-8-4-5-9-18(13)14/h1-9,12H,10,15H2/t12-/m1/s1. The molecule has 0 saturated heterocycles. The van der Waals surface area contributed by atoms with Gasteiger partial charge in [-0.15, -0.1) is 10.2 Å². The van der Waals surface area contributed by atoms with E-state index >= 15 is 0 Å². The molecule has 0 bridgehead atoms. The van der Waals surface area contributed by atoms with E-state index in [2.05, 4.69) is 22.3 Å². The Bertz CT molecular complexity index is 645. The first kappa shape index (κ1) is 10.9. The van der Waals surface area contributed by atoms with E-state index in [-0.39, 0.29) is 6.04 Å². The van der Waals surface area contributed by atoms with Crippen LogP contribution in [-0.2, 0) is 6.42 Å². The van der Waals surface area contributed by atoms with Crippen molar-refractivity contribution in [1.29, 1.82) is 0 Å². The van der Waals surface area contributed by atoms with Gasteiger partial charge in [-0.25, -0.2) is 0 Å². The van der Waals surface area contributed by atoms with Gasteiger partial charge in [0.2, 0.25) is 0 Å². The second-order valence-corrected chi connectivity index (χ2v) is 4.28. The monoisotopic (exact) mass is 238 g/mol. The predicted octanol–water partition coefficient (Wildman–Crippen LogP) is 1.97. The molecule has 0 fully saturated rings. The summed E-state index contributed by atoms with van der Waals surface area (Å²) in [5.74, 6) is 0.800. The van der Waals surface area contributed by atoms with Crippen LogP contribution < -0.4 is 5.73 Å². The van der Waals surface area contributed by atoms with Crippen molar-refractivity contribution < 1.29 is 0 Å². The molecule has 0 unspecified atom stereocenters. The quantitative estimate of drug-likeness (QED) is 0.759. The van der Waals surface area contributed by atoms with Crippen LogP contribution in [-0.4, -0.2) is 14.6 Å². The normalized spacial score (nSPS) is 12.7. The molecule has 2 heterocycles. The van der Waals surface area contributed by atoms with Gasteiger partial charge in [-0.2, -0.15) is 0 Å². The van der Waals surface area contributed by atoms with E-state index in [1.165, 1.54) is 5.56 Å². The Morgan fingerprint density at radius 1 is 1.00 bits per heavy atom. The van der Waals surface area contributed by atoms with E-state index in [1.807, 2.05) is 47.0 Å². The molecule has 0 spiro atoms. The maximum atomic E-state index is 6.21. The fourth-order valence-electron chi connectivity index (χ4n) is 2.07. The number of hydrogen-bond acceptors (Lipinski definition) is 3. The van der Waals surface area contributed by atoms with Crippen LogP contribution in [0.25, 0.3) is 5.65 Å². The van der Waals surface area contributed by atoms with E-state index in [0.29, 0.717) is 0 Å². The van der Waals surface area contributed by atoms with Crippen LogP contribution in [0.4, 0.5) is 0 Å². The summed E-state index contributed by atoms with van der Waals surface area (Å²) >= 11 is 0. The van der Waals surface area contributed by atoms with Crippen LogP contribution in [0.15, 0.2) is 54.7 Å². The number of pyridine rings is 1. The maximum Gasteiger partial charge on any atom is 0.160 e. The lowest BCUT2D eigenvalue weighted by Gasteiger charge is -2.09. The van der Waals surface area contributed by atoms with Crippen LogP contribution in [0, 0.1) is 0 Å². The van der Waals surface area contributed by atoms with Crippen molar-refractivity contribution in [3.8, 4) is 0 Å². The molecule has 3 aromatic rings. The first-order valence-corrected chi connectivity index (χ1v) is 5.94. The Morgan fingerprint density at radius 3 is 2.61 bits per heavy atom. The highest BCUT2D eigenvalue weighted by molar-refractivity contribution is 5.37. The molecule has 0 saturated carbocycles. The molecule has 0 aliphatic rings. The molecule has 0 aliphatic heterocycles. The summed E-state index contributed by atoms with van der Waals surface area (Å²) in [7, 11) is 0. The van der Waals surface area contributed by atoms with Crippen molar-refractivity contribution in [1.82, 2.24) is 14.6 Å². The summed E-state index contributed by atoms with van der Waals surface area (Å²) < 4.78 is 1.94. The zero-order chi connectivity index (χ0) is 12.4. The number of rotatable bonds is 3. The van der Waals surface area contributed by atoms with Crippen molar-refractivity contribution in [2.24, 2.45) is 5.73 Å². The van der Waals surface area contributed by atoms with E-state index < -0.39 is 0 Å². The summed E-state index contributed by atoms with van der Waals surface area (Å²) in [6.07, 6.45) is 2.70. The highest BCUT2D eigenvalue weighted by Crippen LogP contribution is 2.15. The lowest BCUT2D eigenvalue weighted by molar-refractivity contribution is 0.658. The van der Waals surface area contributed by atoms with Gasteiger partial charge in [0.25, 0.3) is 0 Å². The Hall–Kier alpha value is -2.20. The van der Waals surface area contributed by atoms with E-state index in [4.69, 9.17) is 5.73 Å². The van der Waals surface area contributed by atoms with Crippen molar-refractivity contribution in [2.45, 2.75) is 12.5 Å². The summed E-state index contributed by atoms with van der Waals surface area (Å²) in [6, 6.07) is 15.9. The Morgan fingerprint density at radius 2 is 1.78 bits per heavy atom. The third kappa shape index (κ3) is 1.98. The first-order chi connectivity index (χ1) is 8.84. The van der Waals surface area contributed by atoms with Gasteiger partial charge in [0.15, 0.2) is 11.5 Å². The SMILES string of the molecule is N[C@H](Cc1ccccc1)c1nnc2ccccn12. The molecule has 1 atom stereocenters. The molecule has 2 N–H and O–H groups in total. The predicted molar refractivity (Wildman–Crippen MR) is 70.1 cm³/mol. The summed E-state index contributed by atoms with van der Waals surface area (Å²) in [6.45, 7) is 0. The smallest absolute Gasteiger partial charge is 0.160 e. The van der Waals surface area contributed by atoms with Crippen LogP contribution in [0.3, 0.4) is 0 Å². The van der Waals surface area contributed by atoms with E-state index in [0.717, 1.165) is 17.9 Å². The van der Waals surface area contributed by atoms with Crippen LogP contribution >= 0.6 is 0 Å². The van der Waals surface area contributed by atoms with Gasteiger partial charge < -0.3 is 5.73 Å². The van der Waals surface area contributed by atoms with E-state index in [9.17, 15) is 0 Å². The Labute approximate surface area is 105 Å². The van der Waals surface area contributed by atoms with E-state index in [1.54, 1.807) is 0 Å². The van der Waals surface area contributed by atoms with Crippen LogP contribution in [0.5, 0.6) is 0 Å². The highest BCUT2D eigenvalue weighted by atomic mass is 15.3. The van der Waals surface area contributed by atoms with Gasteiger partial charge in [0.05, 0.1) is 6.04 Å². The number of nitrogens with zero attached hydrogens (tertiary/aromatic N) is 3. The summed E-state index contributed by atoms with van der Waals surface area (Å²) in [5, 5.41) is 8.29. The third-order valence-corrected chi connectivity index (χ3v) is 2.97. The van der Waals surface area contributed by atoms with Gasteiger partial charge in [-0.1, -0.05) is 36.4 Å². The maximum absolute atomic E-state index is 6.21. The molecule has 0 aliphatic carbocycles. The Kier molecular flexibility index (Phi) is 2.78. The number of fused-ring (bicyclic) bond motifs is 1. The molecule has 0 amide bonds. The summed E-state index contributed by atoms with van der Waals surface area (Å²) in [5.41, 5.74) is 8.25. The van der Waals surface area contributed by atoms with Crippen molar-refractivity contribution >= 4 is 5.65 Å². The zero-order valence-electron chi connectivity index (χ0n) is 9.90. The number of hydrogen-bond donors (Lipinski definition) is 1. The summed E-state index contributed by atoms with van der Waals surface area (Å²) in [4.78, 5) is 0. The van der Waals surface area contributed by atoms with Crippen molar-refractivity contribution in [3.05, 3.63) is 66.1 Å². The highest BCUT2D eigenvalue weighted by Gasteiger charge is 2.13. The number of aromatic nitrogens is 3. The van der Waals surface area contributed by atoms with Gasteiger partial charge in [0.1, 0.15) is 0 Å². The number of benzene rings is 1. The Balaban J connectivity index is 1.90. The lowest BCUT2D eigenvalue weighted by atomic mass is 10.1. The minimum atomic E-state index is -0.148. The van der Waals surface area contributed by atoms with Crippen molar-refractivity contribution in [2.75, 3.05) is 0 Å². The second kappa shape index (κ2) is 4.58. The molecule has 0 radical (unpaired) electrons. The molecule has 1 aromatic carbocycles. The molecular weight excluding hydrogens is 224 g/mol. The van der Waals surface area contributed by atoms with Gasteiger partial charge in [0, 0.05) is 6.20 Å². The average Bonchev–Trinajstić information content (AvgIpc) is 2.84. The second-order valence-electron chi connectivity index (χ2n) is 4.28. The van der Waals surface area contributed by atoms with Crippen LogP contribution in [0.2, 0.25) is 0 Å².